The van der Waals surface area contributed by atoms with E-state index in [1.165, 1.54) is 7.11 Å². The van der Waals surface area contributed by atoms with Gasteiger partial charge in [0.05, 0.1) is 12.1 Å². The van der Waals surface area contributed by atoms with Crippen molar-refractivity contribution < 1.29 is 14.6 Å². The Kier molecular flexibility index (Phi) is 5.12. The molecule has 0 heterocycles. The average molecular weight is 237 g/mol. The van der Waals surface area contributed by atoms with Gasteiger partial charge >= 0.3 is 0 Å². The van der Waals surface area contributed by atoms with Crippen LogP contribution in [0, 0.1) is 0 Å². The number of nitrogens with one attached hydrogen (secondary N) is 1. The van der Waals surface area contributed by atoms with Crippen LogP contribution in [0.25, 0.3) is 0 Å². The third kappa shape index (κ3) is 3.28. The van der Waals surface area contributed by atoms with E-state index in [4.69, 9.17) is 4.74 Å². The van der Waals surface area contributed by atoms with Crippen LogP contribution in [0.2, 0.25) is 0 Å². The summed E-state index contributed by atoms with van der Waals surface area (Å²) in [6.45, 7) is 1.79. The highest BCUT2D eigenvalue weighted by Crippen LogP contribution is 2.24. The fraction of sp³-hybridized carbons (Fsp3) is 0.462. The maximum atomic E-state index is 11.6. The van der Waals surface area contributed by atoms with Crippen LogP contribution >= 0.6 is 0 Å². The Morgan fingerprint density at radius 3 is 2.53 bits per heavy atom. The number of carbonyl (C=O) groups is 1. The highest BCUT2D eigenvalue weighted by molar-refractivity contribution is 5.78. The van der Waals surface area contributed by atoms with Crippen LogP contribution in [0.3, 0.4) is 0 Å². The number of hydrogen-bond donors (Lipinski definition) is 2. The smallest absolute Gasteiger partial charge is 0.246 e. The first kappa shape index (κ1) is 13.7. The molecule has 1 rings (SSSR count). The summed E-state index contributed by atoms with van der Waals surface area (Å²) < 4.78 is 4.78. The van der Waals surface area contributed by atoms with Crippen LogP contribution in [0.15, 0.2) is 30.3 Å². The van der Waals surface area contributed by atoms with Gasteiger partial charge < -0.3 is 15.2 Å². The minimum absolute atomic E-state index is 0.00537. The number of benzene rings is 1. The number of aliphatic hydroxyl groups is 1. The lowest BCUT2D eigenvalue weighted by atomic mass is 9.88. The van der Waals surface area contributed by atoms with Crippen molar-refractivity contribution in [1.29, 1.82) is 0 Å². The van der Waals surface area contributed by atoms with E-state index in [2.05, 4.69) is 5.32 Å². The first-order chi connectivity index (χ1) is 8.18. The summed E-state index contributed by atoms with van der Waals surface area (Å²) in [6.07, 6.45) is 0.614. The lowest BCUT2D eigenvalue weighted by Gasteiger charge is -2.32. The van der Waals surface area contributed by atoms with E-state index in [0.29, 0.717) is 6.42 Å². The molecule has 0 radical (unpaired) electrons. The van der Waals surface area contributed by atoms with E-state index in [-0.39, 0.29) is 19.1 Å². The van der Waals surface area contributed by atoms with Crippen LogP contribution in [0.4, 0.5) is 0 Å². The first-order valence-corrected chi connectivity index (χ1v) is 5.65. The van der Waals surface area contributed by atoms with E-state index < -0.39 is 5.54 Å². The minimum atomic E-state index is -0.725. The van der Waals surface area contributed by atoms with Gasteiger partial charge in [-0.3, -0.25) is 4.79 Å². The zero-order valence-electron chi connectivity index (χ0n) is 10.3. The molecule has 0 aliphatic carbocycles. The second-order valence-corrected chi connectivity index (χ2v) is 3.94. The topological polar surface area (TPSA) is 58.6 Å². The molecule has 0 saturated heterocycles. The zero-order valence-corrected chi connectivity index (χ0v) is 10.3. The van der Waals surface area contributed by atoms with E-state index in [9.17, 15) is 9.90 Å². The highest BCUT2D eigenvalue weighted by Gasteiger charge is 2.31. The number of rotatable bonds is 6. The molecular weight excluding hydrogens is 218 g/mol. The number of amides is 1. The molecule has 0 aliphatic rings. The normalized spacial score (nSPS) is 14.1. The van der Waals surface area contributed by atoms with Crippen molar-refractivity contribution in [2.24, 2.45) is 0 Å². The highest BCUT2D eigenvalue weighted by atomic mass is 16.5. The van der Waals surface area contributed by atoms with E-state index in [1.807, 2.05) is 37.3 Å². The molecule has 0 fully saturated rings. The van der Waals surface area contributed by atoms with Crippen molar-refractivity contribution in [3.8, 4) is 0 Å². The van der Waals surface area contributed by atoms with Crippen LogP contribution < -0.4 is 5.32 Å². The number of hydrogen-bond acceptors (Lipinski definition) is 3. The zero-order chi connectivity index (χ0) is 12.7. The van der Waals surface area contributed by atoms with Gasteiger partial charge in [0.15, 0.2) is 0 Å². The summed E-state index contributed by atoms with van der Waals surface area (Å²) in [4.78, 5) is 11.6. The Morgan fingerprint density at radius 2 is 2.06 bits per heavy atom. The maximum absolute atomic E-state index is 11.6. The molecule has 1 aromatic rings. The molecule has 2 N–H and O–H groups in total. The lowest BCUT2D eigenvalue weighted by Crippen LogP contribution is -2.49. The van der Waals surface area contributed by atoms with Crippen LogP contribution in [0.1, 0.15) is 18.9 Å². The minimum Gasteiger partial charge on any atom is -0.394 e. The van der Waals surface area contributed by atoms with Crippen LogP contribution in [-0.2, 0) is 15.1 Å². The van der Waals surface area contributed by atoms with Crippen molar-refractivity contribution in [1.82, 2.24) is 5.32 Å². The Morgan fingerprint density at radius 1 is 1.41 bits per heavy atom. The van der Waals surface area contributed by atoms with Gasteiger partial charge in [0.1, 0.15) is 6.61 Å². The van der Waals surface area contributed by atoms with Crippen molar-refractivity contribution in [2.75, 3.05) is 20.3 Å². The standard InChI is InChI=1S/C13H19NO3/c1-3-13(10-15,14-12(16)9-17-2)11-7-5-4-6-8-11/h4-8,15H,3,9-10H2,1-2H3,(H,14,16). The molecule has 1 amide bonds. The molecule has 94 valence electrons. The van der Waals surface area contributed by atoms with Gasteiger partial charge in [-0.1, -0.05) is 37.3 Å². The Bertz CT molecular complexity index is 347. The quantitative estimate of drug-likeness (QED) is 0.777. The Balaban J connectivity index is 2.93. The van der Waals surface area contributed by atoms with Crippen molar-refractivity contribution in [3.05, 3.63) is 35.9 Å². The van der Waals surface area contributed by atoms with Crippen LogP contribution in [-0.4, -0.2) is 31.3 Å². The summed E-state index contributed by atoms with van der Waals surface area (Å²) in [5, 5.41) is 12.4. The average Bonchev–Trinajstić information content (AvgIpc) is 2.37. The molecule has 4 heteroatoms. The van der Waals surface area contributed by atoms with Crippen molar-refractivity contribution in [2.45, 2.75) is 18.9 Å². The predicted octanol–water partition coefficient (Wildman–Crippen LogP) is 1.05. The fourth-order valence-electron chi connectivity index (χ4n) is 1.80. The van der Waals surface area contributed by atoms with E-state index in [1.54, 1.807) is 0 Å². The second-order valence-electron chi connectivity index (χ2n) is 3.94. The summed E-state index contributed by atoms with van der Waals surface area (Å²) in [6, 6.07) is 9.47. The maximum Gasteiger partial charge on any atom is 0.246 e. The predicted molar refractivity (Wildman–Crippen MR) is 65.5 cm³/mol. The van der Waals surface area contributed by atoms with Gasteiger partial charge in [-0.2, -0.15) is 0 Å². The van der Waals surface area contributed by atoms with Gasteiger partial charge in [0.2, 0.25) is 5.91 Å². The summed E-state index contributed by atoms with van der Waals surface area (Å²) in [7, 11) is 1.47. The van der Waals surface area contributed by atoms with Gasteiger partial charge in [0, 0.05) is 7.11 Å². The molecule has 1 unspecified atom stereocenters. The van der Waals surface area contributed by atoms with Crippen molar-refractivity contribution >= 4 is 5.91 Å². The van der Waals surface area contributed by atoms with Gasteiger partial charge in [-0.15, -0.1) is 0 Å². The fourth-order valence-corrected chi connectivity index (χ4v) is 1.80. The monoisotopic (exact) mass is 237 g/mol. The van der Waals surface area contributed by atoms with Crippen LogP contribution in [0.5, 0.6) is 0 Å². The SMILES string of the molecule is CCC(CO)(NC(=O)COC)c1ccccc1. The number of methoxy groups -OCH3 is 1. The molecule has 0 aromatic heterocycles. The Labute approximate surface area is 102 Å². The molecule has 4 nitrogen and oxygen atoms in total. The molecule has 0 aliphatic heterocycles. The van der Waals surface area contributed by atoms with Gasteiger partial charge in [-0.05, 0) is 12.0 Å². The van der Waals surface area contributed by atoms with E-state index in [0.717, 1.165) is 5.56 Å². The Hall–Kier alpha value is -1.39. The lowest BCUT2D eigenvalue weighted by molar-refractivity contribution is -0.127. The third-order valence-corrected chi connectivity index (χ3v) is 2.85. The molecule has 0 bridgehead atoms. The number of ether oxygens (including phenoxy) is 1. The summed E-state index contributed by atoms with van der Waals surface area (Å²) >= 11 is 0. The molecule has 0 saturated carbocycles. The van der Waals surface area contributed by atoms with E-state index >= 15 is 0 Å². The number of carbonyl (C=O) groups excluding carboxylic acids is 1. The van der Waals surface area contributed by atoms with Gasteiger partial charge in [-0.25, -0.2) is 0 Å². The van der Waals surface area contributed by atoms with Crippen molar-refractivity contribution in [3.63, 3.8) is 0 Å². The second kappa shape index (κ2) is 6.37. The van der Waals surface area contributed by atoms with Gasteiger partial charge in [0.25, 0.3) is 0 Å². The molecule has 1 aromatic carbocycles. The summed E-state index contributed by atoms with van der Waals surface area (Å²) in [5.41, 5.74) is 0.172. The summed E-state index contributed by atoms with van der Waals surface area (Å²) in [5.74, 6) is -0.229. The number of aliphatic hydroxyl groups excluding tert-OH is 1. The largest absolute Gasteiger partial charge is 0.394 e. The molecule has 1 atom stereocenters. The molecular formula is C13H19NO3. The third-order valence-electron chi connectivity index (χ3n) is 2.85. The first-order valence-electron chi connectivity index (χ1n) is 5.65. The molecule has 17 heavy (non-hydrogen) atoms. The molecule has 0 spiro atoms.